The molecular formula is C20H21FN4O5. The maximum absolute atomic E-state index is 14.7. The Balaban J connectivity index is 1.75. The molecule has 2 aromatic carbocycles. The molecule has 0 unspecified atom stereocenters. The van der Waals surface area contributed by atoms with Crippen LogP contribution in [-0.2, 0) is 13.1 Å². The minimum atomic E-state index is -0.664. The summed E-state index contributed by atoms with van der Waals surface area (Å²) in [5.41, 5.74) is 0.908. The fourth-order valence-electron chi connectivity index (χ4n) is 2.75. The number of ether oxygens (including phenoxy) is 2. The van der Waals surface area contributed by atoms with E-state index in [1.165, 1.54) is 35.0 Å². The highest BCUT2D eigenvalue weighted by molar-refractivity contribution is 5.89. The number of hydrogen-bond acceptors (Lipinski definition) is 5. The minimum Gasteiger partial charge on any atom is -0.410 e. The number of nitrogens with zero attached hydrogens (tertiary/aromatic N) is 2. The molecule has 0 spiro atoms. The van der Waals surface area contributed by atoms with Gasteiger partial charge < -0.3 is 25.0 Å². The summed E-state index contributed by atoms with van der Waals surface area (Å²) in [7, 11) is 4.53. The number of fused-ring (bicyclic) bond motifs is 1. The highest BCUT2D eigenvalue weighted by Crippen LogP contribution is 2.31. The largest absolute Gasteiger partial charge is 0.415 e. The lowest BCUT2D eigenvalue weighted by Gasteiger charge is -2.28. The van der Waals surface area contributed by atoms with Gasteiger partial charge in [0.25, 0.3) is 0 Å². The van der Waals surface area contributed by atoms with Crippen molar-refractivity contribution in [2.45, 2.75) is 13.1 Å². The zero-order valence-corrected chi connectivity index (χ0v) is 16.7. The first-order valence-electron chi connectivity index (χ1n) is 9.03. The van der Waals surface area contributed by atoms with E-state index in [9.17, 15) is 18.8 Å². The standard InChI is InChI=1S/C20H21FN4O5/c1-22-18(26)23-15-6-4-5-13(17(15)21)11-25-10-12-7-8-14(29-19(27)24(2)3)9-16(12)30-20(25)28/h4-9H,10-11H2,1-3H3,(H2,22,23,26). The number of nitrogens with one attached hydrogen (secondary N) is 2. The van der Waals surface area contributed by atoms with E-state index in [0.29, 0.717) is 5.56 Å². The molecule has 0 fully saturated rings. The summed E-state index contributed by atoms with van der Waals surface area (Å²) >= 11 is 0. The number of halogens is 1. The van der Waals surface area contributed by atoms with Crippen molar-refractivity contribution in [2.24, 2.45) is 0 Å². The normalized spacial score (nSPS) is 12.5. The van der Waals surface area contributed by atoms with Crippen molar-refractivity contribution in [3.8, 4) is 11.5 Å². The Bertz CT molecular complexity index is 995. The van der Waals surface area contributed by atoms with E-state index in [2.05, 4.69) is 10.6 Å². The summed E-state index contributed by atoms with van der Waals surface area (Å²) in [6.07, 6.45) is -1.22. The maximum atomic E-state index is 14.7. The quantitative estimate of drug-likeness (QED) is 0.798. The lowest BCUT2D eigenvalue weighted by Crippen LogP contribution is -2.36. The Hall–Kier alpha value is -3.82. The summed E-state index contributed by atoms with van der Waals surface area (Å²) < 4.78 is 25.2. The highest BCUT2D eigenvalue weighted by Gasteiger charge is 2.27. The number of anilines is 1. The molecule has 0 bridgehead atoms. The van der Waals surface area contributed by atoms with Crippen LogP contribution in [0, 0.1) is 5.82 Å². The molecule has 0 saturated heterocycles. The van der Waals surface area contributed by atoms with E-state index < -0.39 is 24.0 Å². The van der Waals surface area contributed by atoms with Crippen molar-refractivity contribution in [1.82, 2.24) is 15.1 Å². The third-order valence-electron chi connectivity index (χ3n) is 4.34. The molecule has 1 heterocycles. The zero-order chi connectivity index (χ0) is 21.8. The Kier molecular flexibility index (Phi) is 6.05. The molecule has 0 atom stereocenters. The SMILES string of the molecule is CNC(=O)Nc1cccc(CN2Cc3ccc(OC(=O)N(C)C)cc3OC2=O)c1F. The van der Waals surface area contributed by atoms with E-state index >= 15 is 0 Å². The van der Waals surface area contributed by atoms with E-state index in [-0.39, 0.29) is 35.8 Å². The van der Waals surface area contributed by atoms with Crippen LogP contribution in [0.3, 0.4) is 0 Å². The average Bonchev–Trinajstić information content (AvgIpc) is 2.71. The van der Waals surface area contributed by atoms with Gasteiger partial charge in [-0.3, -0.25) is 4.90 Å². The van der Waals surface area contributed by atoms with Crippen LogP contribution in [0.1, 0.15) is 11.1 Å². The van der Waals surface area contributed by atoms with Gasteiger partial charge in [0.2, 0.25) is 0 Å². The third-order valence-corrected chi connectivity index (χ3v) is 4.34. The van der Waals surface area contributed by atoms with Crippen LogP contribution in [0.4, 0.5) is 24.5 Å². The van der Waals surface area contributed by atoms with E-state index in [1.54, 1.807) is 32.3 Å². The van der Waals surface area contributed by atoms with Crippen LogP contribution >= 0.6 is 0 Å². The molecule has 158 valence electrons. The molecule has 2 N–H and O–H groups in total. The van der Waals surface area contributed by atoms with E-state index in [0.717, 1.165) is 0 Å². The van der Waals surface area contributed by atoms with Crippen molar-refractivity contribution in [1.29, 1.82) is 0 Å². The van der Waals surface area contributed by atoms with Gasteiger partial charge in [-0.05, 0) is 18.2 Å². The molecule has 0 aliphatic carbocycles. The molecular weight excluding hydrogens is 395 g/mol. The first-order chi connectivity index (χ1) is 14.3. The smallest absolute Gasteiger partial charge is 0.410 e. The number of carbonyl (C=O) groups excluding carboxylic acids is 3. The van der Waals surface area contributed by atoms with Crippen molar-refractivity contribution < 1.29 is 28.2 Å². The second kappa shape index (κ2) is 8.68. The van der Waals surface area contributed by atoms with Crippen molar-refractivity contribution in [2.75, 3.05) is 26.5 Å². The third kappa shape index (κ3) is 4.59. The molecule has 2 aromatic rings. The summed E-state index contributed by atoms with van der Waals surface area (Å²) in [4.78, 5) is 38.1. The van der Waals surface area contributed by atoms with E-state index in [4.69, 9.17) is 9.47 Å². The van der Waals surface area contributed by atoms with Gasteiger partial charge in [0.05, 0.1) is 18.8 Å². The molecule has 10 heteroatoms. The number of carbonyl (C=O) groups is 3. The predicted molar refractivity (Wildman–Crippen MR) is 106 cm³/mol. The second-order valence-electron chi connectivity index (χ2n) is 6.74. The number of benzene rings is 2. The Labute approximate surface area is 172 Å². The first kappa shape index (κ1) is 20.9. The molecule has 1 aliphatic rings. The number of amides is 4. The van der Waals surface area contributed by atoms with Gasteiger partial charge in [0.1, 0.15) is 11.5 Å². The van der Waals surface area contributed by atoms with Crippen LogP contribution in [-0.4, -0.2) is 49.2 Å². The van der Waals surface area contributed by atoms with Crippen LogP contribution in [0.2, 0.25) is 0 Å². The molecule has 3 rings (SSSR count). The van der Waals surface area contributed by atoms with Crippen LogP contribution in [0.15, 0.2) is 36.4 Å². The fraction of sp³-hybridized carbons (Fsp3) is 0.250. The monoisotopic (exact) mass is 416 g/mol. The molecule has 9 nitrogen and oxygen atoms in total. The fourth-order valence-corrected chi connectivity index (χ4v) is 2.75. The molecule has 0 aromatic heterocycles. The highest BCUT2D eigenvalue weighted by atomic mass is 19.1. The molecule has 1 aliphatic heterocycles. The average molecular weight is 416 g/mol. The van der Waals surface area contributed by atoms with Gasteiger partial charge in [-0.15, -0.1) is 0 Å². The number of hydrogen-bond donors (Lipinski definition) is 2. The van der Waals surface area contributed by atoms with Gasteiger partial charge in [0, 0.05) is 38.3 Å². The molecule has 0 radical (unpaired) electrons. The van der Waals surface area contributed by atoms with Gasteiger partial charge in [-0.2, -0.15) is 0 Å². The first-order valence-corrected chi connectivity index (χ1v) is 9.03. The van der Waals surface area contributed by atoms with Crippen molar-refractivity contribution in [3.63, 3.8) is 0 Å². The Morgan fingerprint density at radius 3 is 2.73 bits per heavy atom. The van der Waals surface area contributed by atoms with Gasteiger partial charge in [-0.25, -0.2) is 18.8 Å². The minimum absolute atomic E-state index is 0.00461. The molecule has 0 saturated carbocycles. The number of urea groups is 1. The number of rotatable bonds is 4. The van der Waals surface area contributed by atoms with Crippen molar-refractivity contribution in [3.05, 3.63) is 53.3 Å². The van der Waals surface area contributed by atoms with Crippen molar-refractivity contribution >= 4 is 23.9 Å². The summed E-state index contributed by atoms with van der Waals surface area (Å²) in [6.45, 7) is 0.132. The maximum Gasteiger partial charge on any atom is 0.415 e. The molecule has 4 amide bonds. The summed E-state index contributed by atoms with van der Waals surface area (Å²) in [5.74, 6) is -0.117. The van der Waals surface area contributed by atoms with Crippen LogP contribution in [0.5, 0.6) is 11.5 Å². The van der Waals surface area contributed by atoms with Gasteiger partial charge in [0.15, 0.2) is 5.82 Å². The van der Waals surface area contributed by atoms with Crippen LogP contribution < -0.4 is 20.1 Å². The van der Waals surface area contributed by atoms with Crippen LogP contribution in [0.25, 0.3) is 0 Å². The van der Waals surface area contributed by atoms with E-state index in [1.807, 2.05) is 0 Å². The zero-order valence-electron chi connectivity index (χ0n) is 16.7. The van der Waals surface area contributed by atoms with Gasteiger partial charge in [-0.1, -0.05) is 12.1 Å². The Morgan fingerprint density at radius 2 is 2.03 bits per heavy atom. The topological polar surface area (TPSA) is 100 Å². The summed E-state index contributed by atoms with van der Waals surface area (Å²) in [5, 5.41) is 4.74. The summed E-state index contributed by atoms with van der Waals surface area (Å²) in [6, 6.07) is 8.70. The lowest BCUT2D eigenvalue weighted by molar-refractivity contribution is 0.134. The predicted octanol–water partition coefficient (Wildman–Crippen LogP) is 3.15. The Morgan fingerprint density at radius 1 is 1.27 bits per heavy atom. The molecule has 30 heavy (non-hydrogen) atoms. The second-order valence-corrected chi connectivity index (χ2v) is 6.74. The van der Waals surface area contributed by atoms with Gasteiger partial charge >= 0.3 is 18.2 Å². The lowest BCUT2D eigenvalue weighted by atomic mass is 10.1.